The number of rotatable bonds is 4. The lowest BCUT2D eigenvalue weighted by Gasteiger charge is -2.24. The minimum absolute atomic E-state index is 0.0885. The number of nitrogens with zero attached hydrogens (tertiary/aromatic N) is 1. The van der Waals surface area contributed by atoms with Gasteiger partial charge in [-0.25, -0.2) is 4.99 Å². The molecule has 0 radical (unpaired) electrons. The Morgan fingerprint density at radius 1 is 1.21 bits per heavy atom. The van der Waals surface area contributed by atoms with Gasteiger partial charge in [0.25, 0.3) is 0 Å². The maximum Gasteiger partial charge on any atom is 0.194 e. The molecular weight excluding hydrogens is 234 g/mol. The third kappa shape index (κ3) is 2.99. The quantitative estimate of drug-likeness (QED) is 0.797. The summed E-state index contributed by atoms with van der Waals surface area (Å²) in [5.41, 5.74) is 2.42. The van der Waals surface area contributed by atoms with E-state index in [1.54, 1.807) is 0 Å². The second kappa shape index (κ2) is 4.99. The third-order valence-corrected chi connectivity index (χ3v) is 3.72. The molecule has 2 rings (SSSR count). The van der Waals surface area contributed by atoms with Gasteiger partial charge in [-0.05, 0) is 45.2 Å². The summed E-state index contributed by atoms with van der Waals surface area (Å²) in [7, 11) is 0. The van der Waals surface area contributed by atoms with Crippen molar-refractivity contribution in [2.75, 3.05) is 6.61 Å². The first kappa shape index (κ1) is 14.1. The Hall–Kier alpha value is -1.31. The minimum Gasteiger partial charge on any atom is -0.478 e. The van der Waals surface area contributed by atoms with Crippen molar-refractivity contribution in [3.8, 4) is 0 Å². The highest BCUT2D eigenvalue weighted by Crippen LogP contribution is 2.31. The van der Waals surface area contributed by atoms with Crippen molar-refractivity contribution >= 4 is 5.90 Å². The highest BCUT2D eigenvalue weighted by molar-refractivity contribution is 5.89. The standard InChI is InChI=1S/C17H25NO/c1-6-7-13-8-10-14(11-9-13)17(4,5)15-18-16(2,3)12-19-15/h8-11H,6-7,12H2,1-5H3. The van der Waals surface area contributed by atoms with Gasteiger partial charge in [0.15, 0.2) is 5.90 Å². The van der Waals surface area contributed by atoms with E-state index in [0.717, 1.165) is 12.3 Å². The Morgan fingerprint density at radius 2 is 1.84 bits per heavy atom. The van der Waals surface area contributed by atoms with E-state index in [1.165, 1.54) is 17.5 Å². The number of hydrogen-bond donors (Lipinski definition) is 0. The first-order chi connectivity index (χ1) is 8.85. The fraction of sp³-hybridized carbons (Fsp3) is 0.588. The molecule has 1 heterocycles. The summed E-state index contributed by atoms with van der Waals surface area (Å²) >= 11 is 0. The zero-order chi connectivity index (χ0) is 14.1. The highest BCUT2D eigenvalue weighted by Gasteiger charge is 2.36. The topological polar surface area (TPSA) is 21.6 Å². The molecule has 2 nitrogen and oxygen atoms in total. The summed E-state index contributed by atoms with van der Waals surface area (Å²) in [5.74, 6) is 0.862. The van der Waals surface area contributed by atoms with Crippen molar-refractivity contribution in [2.24, 2.45) is 4.99 Å². The molecule has 1 aromatic rings. The fourth-order valence-electron chi connectivity index (χ4n) is 2.40. The average Bonchev–Trinajstić information content (AvgIpc) is 2.71. The lowest BCUT2D eigenvalue weighted by atomic mass is 9.83. The van der Waals surface area contributed by atoms with Gasteiger partial charge >= 0.3 is 0 Å². The molecule has 1 aromatic carbocycles. The molecule has 0 amide bonds. The molecule has 104 valence electrons. The molecule has 0 spiro atoms. The van der Waals surface area contributed by atoms with Gasteiger partial charge in [0.2, 0.25) is 0 Å². The maximum absolute atomic E-state index is 5.82. The van der Waals surface area contributed by atoms with Gasteiger partial charge in [-0.15, -0.1) is 0 Å². The van der Waals surface area contributed by atoms with Crippen LogP contribution in [0.4, 0.5) is 0 Å². The Balaban J connectivity index is 2.24. The molecule has 0 unspecified atom stereocenters. The summed E-state index contributed by atoms with van der Waals surface area (Å²) < 4.78 is 5.82. The van der Waals surface area contributed by atoms with Gasteiger partial charge in [0.05, 0.1) is 11.0 Å². The first-order valence-electron chi connectivity index (χ1n) is 7.18. The maximum atomic E-state index is 5.82. The van der Waals surface area contributed by atoms with Crippen LogP contribution < -0.4 is 0 Å². The lowest BCUT2D eigenvalue weighted by Crippen LogP contribution is -2.29. The summed E-state index contributed by atoms with van der Waals surface area (Å²) in [6, 6.07) is 8.87. The van der Waals surface area contributed by atoms with Crippen LogP contribution in [0.15, 0.2) is 29.3 Å². The Bertz CT molecular complexity index is 469. The van der Waals surface area contributed by atoms with Gasteiger partial charge in [-0.2, -0.15) is 0 Å². The predicted octanol–water partition coefficient (Wildman–Crippen LogP) is 4.12. The second-order valence-electron chi connectivity index (χ2n) is 6.59. The molecule has 0 bridgehead atoms. The van der Waals surface area contributed by atoms with Crippen LogP contribution in [0, 0.1) is 0 Å². The van der Waals surface area contributed by atoms with Crippen LogP contribution in [0.2, 0.25) is 0 Å². The van der Waals surface area contributed by atoms with Gasteiger partial charge < -0.3 is 4.74 Å². The summed E-state index contributed by atoms with van der Waals surface area (Å²) in [6.45, 7) is 11.5. The average molecular weight is 259 g/mol. The van der Waals surface area contributed by atoms with Gasteiger partial charge in [0.1, 0.15) is 6.61 Å². The number of benzene rings is 1. The largest absolute Gasteiger partial charge is 0.478 e. The molecule has 0 aliphatic carbocycles. The summed E-state index contributed by atoms with van der Waals surface area (Å²) in [6.07, 6.45) is 2.33. The SMILES string of the molecule is CCCc1ccc(C(C)(C)C2=NC(C)(C)CO2)cc1. The number of ether oxygens (including phenoxy) is 1. The van der Waals surface area contributed by atoms with Crippen molar-refractivity contribution in [3.63, 3.8) is 0 Å². The lowest BCUT2D eigenvalue weighted by molar-refractivity contribution is 0.263. The summed E-state index contributed by atoms with van der Waals surface area (Å²) in [4.78, 5) is 4.72. The number of aryl methyl sites for hydroxylation is 1. The molecule has 0 saturated carbocycles. The van der Waals surface area contributed by atoms with E-state index in [0.29, 0.717) is 6.61 Å². The van der Waals surface area contributed by atoms with Gasteiger partial charge in [-0.3, -0.25) is 0 Å². The van der Waals surface area contributed by atoms with E-state index in [1.807, 2.05) is 0 Å². The Labute approximate surface area is 116 Å². The predicted molar refractivity (Wildman–Crippen MR) is 80.9 cm³/mol. The monoisotopic (exact) mass is 259 g/mol. The molecule has 19 heavy (non-hydrogen) atoms. The zero-order valence-corrected chi connectivity index (χ0v) is 12.8. The van der Waals surface area contributed by atoms with E-state index < -0.39 is 0 Å². The molecule has 0 saturated heterocycles. The van der Waals surface area contributed by atoms with Crippen LogP contribution in [0.1, 0.15) is 52.2 Å². The van der Waals surface area contributed by atoms with E-state index in [9.17, 15) is 0 Å². The fourth-order valence-corrected chi connectivity index (χ4v) is 2.40. The van der Waals surface area contributed by atoms with Crippen molar-refractivity contribution in [2.45, 2.75) is 58.4 Å². The van der Waals surface area contributed by atoms with Crippen LogP contribution in [0.5, 0.6) is 0 Å². The molecule has 1 aliphatic rings. The molecule has 2 heteroatoms. The number of aliphatic imine (C=N–C) groups is 1. The Kier molecular flexibility index (Phi) is 3.71. The van der Waals surface area contributed by atoms with Crippen LogP contribution in [-0.2, 0) is 16.6 Å². The smallest absolute Gasteiger partial charge is 0.194 e. The van der Waals surface area contributed by atoms with Crippen molar-refractivity contribution in [3.05, 3.63) is 35.4 Å². The highest BCUT2D eigenvalue weighted by atomic mass is 16.5. The zero-order valence-electron chi connectivity index (χ0n) is 12.8. The third-order valence-electron chi connectivity index (χ3n) is 3.72. The first-order valence-corrected chi connectivity index (χ1v) is 7.18. The van der Waals surface area contributed by atoms with Crippen LogP contribution in [0.25, 0.3) is 0 Å². The molecular formula is C17H25NO. The van der Waals surface area contributed by atoms with Crippen LogP contribution in [0.3, 0.4) is 0 Å². The van der Waals surface area contributed by atoms with E-state index >= 15 is 0 Å². The Morgan fingerprint density at radius 3 is 2.32 bits per heavy atom. The molecule has 0 aromatic heterocycles. The van der Waals surface area contributed by atoms with E-state index in [-0.39, 0.29) is 11.0 Å². The normalized spacial score (nSPS) is 18.1. The molecule has 1 aliphatic heterocycles. The van der Waals surface area contributed by atoms with Crippen molar-refractivity contribution < 1.29 is 4.74 Å². The van der Waals surface area contributed by atoms with Crippen LogP contribution in [-0.4, -0.2) is 18.0 Å². The van der Waals surface area contributed by atoms with Crippen LogP contribution >= 0.6 is 0 Å². The van der Waals surface area contributed by atoms with E-state index in [4.69, 9.17) is 9.73 Å². The van der Waals surface area contributed by atoms with E-state index in [2.05, 4.69) is 58.9 Å². The second-order valence-corrected chi connectivity index (χ2v) is 6.59. The number of hydrogen-bond acceptors (Lipinski definition) is 2. The summed E-state index contributed by atoms with van der Waals surface area (Å²) in [5, 5.41) is 0. The molecule has 0 fully saturated rings. The van der Waals surface area contributed by atoms with Gasteiger partial charge in [0, 0.05) is 0 Å². The van der Waals surface area contributed by atoms with Crippen molar-refractivity contribution in [1.29, 1.82) is 0 Å². The van der Waals surface area contributed by atoms with Gasteiger partial charge in [-0.1, -0.05) is 37.6 Å². The minimum atomic E-state index is -0.154. The molecule has 0 N–H and O–H groups in total. The van der Waals surface area contributed by atoms with Crippen molar-refractivity contribution in [1.82, 2.24) is 0 Å². The molecule has 0 atom stereocenters.